The highest BCUT2D eigenvalue weighted by molar-refractivity contribution is 5.96. The van der Waals surface area contributed by atoms with Gasteiger partial charge in [-0.3, -0.25) is 15.1 Å². The van der Waals surface area contributed by atoms with Crippen molar-refractivity contribution in [2.75, 3.05) is 12.4 Å². The van der Waals surface area contributed by atoms with Crippen molar-refractivity contribution in [3.8, 4) is 11.3 Å². The third-order valence-electron chi connectivity index (χ3n) is 3.25. The smallest absolute Gasteiger partial charge is 0.295 e. The number of rotatable bonds is 3. The second-order valence-electron chi connectivity index (χ2n) is 4.48. The summed E-state index contributed by atoms with van der Waals surface area (Å²) in [6, 6.07) is 10.7. The Morgan fingerprint density at radius 2 is 1.95 bits per heavy atom. The minimum atomic E-state index is -0.427. The van der Waals surface area contributed by atoms with E-state index in [1.54, 1.807) is 25.5 Å². The molecule has 0 radical (unpaired) electrons. The molecule has 1 aromatic carbocycles. The average Bonchev–Trinajstić information content (AvgIpc) is 2.53. The van der Waals surface area contributed by atoms with Crippen LogP contribution < -0.4 is 5.32 Å². The van der Waals surface area contributed by atoms with Gasteiger partial charge in [-0.05, 0) is 11.5 Å². The Kier molecular flexibility index (Phi) is 3.19. The number of fused-ring (bicyclic) bond motifs is 1. The van der Waals surface area contributed by atoms with Crippen LogP contribution in [0.25, 0.3) is 22.0 Å². The van der Waals surface area contributed by atoms with Crippen LogP contribution >= 0.6 is 0 Å². The summed E-state index contributed by atoms with van der Waals surface area (Å²) < 4.78 is 0. The first-order valence-electron chi connectivity index (χ1n) is 6.37. The molecule has 0 amide bonds. The third-order valence-corrected chi connectivity index (χ3v) is 3.25. The van der Waals surface area contributed by atoms with E-state index in [4.69, 9.17) is 0 Å². The number of pyridine rings is 2. The summed E-state index contributed by atoms with van der Waals surface area (Å²) in [5, 5.41) is 16.0. The molecular weight excluding hydrogens is 268 g/mol. The minimum Gasteiger partial charge on any atom is -0.373 e. The minimum absolute atomic E-state index is 0.0350. The highest BCUT2D eigenvalue weighted by Gasteiger charge is 2.19. The van der Waals surface area contributed by atoms with Crippen molar-refractivity contribution in [2.45, 2.75) is 0 Å². The zero-order valence-corrected chi connectivity index (χ0v) is 11.3. The Morgan fingerprint density at radius 3 is 2.71 bits per heavy atom. The van der Waals surface area contributed by atoms with Crippen molar-refractivity contribution in [1.82, 2.24) is 9.97 Å². The largest absolute Gasteiger partial charge is 0.373 e. The lowest BCUT2D eigenvalue weighted by Crippen LogP contribution is -1.99. The molecule has 104 valence electrons. The molecule has 0 fully saturated rings. The highest BCUT2D eigenvalue weighted by Crippen LogP contribution is 2.33. The number of hydrogen-bond donors (Lipinski definition) is 1. The number of nitrogens with one attached hydrogen (secondary N) is 1. The molecule has 6 nitrogen and oxygen atoms in total. The Hall–Kier alpha value is -3.02. The SMILES string of the molecule is CNc1ccc([N+](=O)[O-])c(-c2cncc3ccccc23)n1. The van der Waals surface area contributed by atoms with Gasteiger partial charge in [-0.1, -0.05) is 24.3 Å². The van der Waals surface area contributed by atoms with E-state index in [9.17, 15) is 10.1 Å². The van der Waals surface area contributed by atoms with Crippen LogP contribution in [0.15, 0.2) is 48.8 Å². The summed E-state index contributed by atoms with van der Waals surface area (Å²) >= 11 is 0. The molecule has 0 atom stereocenters. The molecule has 0 saturated heterocycles. The summed E-state index contributed by atoms with van der Waals surface area (Å²) in [6.45, 7) is 0. The lowest BCUT2D eigenvalue weighted by Gasteiger charge is -2.08. The van der Waals surface area contributed by atoms with E-state index >= 15 is 0 Å². The maximum Gasteiger partial charge on any atom is 0.295 e. The van der Waals surface area contributed by atoms with Crippen molar-refractivity contribution in [3.63, 3.8) is 0 Å². The number of aromatic nitrogens is 2. The Bertz CT molecular complexity index is 828. The maximum absolute atomic E-state index is 11.3. The van der Waals surface area contributed by atoms with Crippen molar-refractivity contribution in [3.05, 3.63) is 58.9 Å². The predicted octanol–water partition coefficient (Wildman–Crippen LogP) is 3.25. The Balaban J connectivity index is 2.34. The molecule has 3 aromatic rings. The second-order valence-corrected chi connectivity index (χ2v) is 4.48. The van der Waals surface area contributed by atoms with Gasteiger partial charge in [-0.25, -0.2) is 4.98 Å². The number of hydrogen-bond acceptors (Lipinski definition) is 5. The standard InChI is InChI=1S/C15H12N4O2/c1-16-14-7-6-13(19(20)21)15(18-14)12-9-17-8-10-4-2-3-5-11(10)12/h2-9H,1H3,(H,16,18). The normalized spacial score (nSPS) is 10.5. The van der Waals surface area contributed by atoms with E-state index in [0.717, 1.165) is 10.8 Å². The summed E-state index contributed by atoms with van der Waals surface area (Å²) in [7, 11) is 1.72. The molecule has 0 aliphatic heterocycles. The predicted molar refractivity (Wildman–Crippen MR) is 81.2 cm³/mol. The van der Waals surface area contributed by atoms with Gasteiger partial charge in [0.2, 0.25) is 0 Å². The Labute approximate surface area is 120 Å². The average molecular weight is 280 g/mol. The highest BCUT2D eigenvalue weighted by atomic mass is 16.6. The van der Waals surface area contributed by atoms with Crippen LogP contribution in [0.3, 0.4) is 0 Å². The van der Waals surface area contributed by atoms with Crippen LogP contribution in [0, 0.1) is 10.1 Å². The quantitative estimate of drug-likeness (QED) is 0.588. The lowest BCUT2D eigenvalue weighted by molar-refractivity contribution is -0.384. The summed E-state index contributed by atoms with van der Waals surface area (Å²) in [4.78, 5) is 19.3. The van der Waals surface area contributed by atoms with E-state index in [2.05, 4.69) is 15.3 Å². The molecule has 0 aliphatic carbocycles. The fraction of sp³-hybridized carbons (Fsp3) is 0.0667. The summed E-state index contributed by atoms with van der Waals surface area (Å²) in [6.07, 6.45) is 3.34. The van der Waals surface area contributed by atoms with E-state index < -0.39 is 4.92 Å². The third kappa shape index (κ3) is 2.27. The number of nitro groups is 1. The molecule has 6 heteroatoms. The van der Waals surface area contributed by atoms with Crippen LogP contribution in [-0.4, -0.2) is 21.9 Å². The molecule has 0 unspecified atom stereocenters. The van der Waals surface area contributed by atoms with Crippen LogP contribution in [0.5, 0.6) is 0 Å². The first-order valence-corrected chi connectivity index (χ1v) is 6.37. The maximum atomic E-state index is 11.3. The van der Waals surface area contributed by atoms with Crippen molar-refractivity contribution >= 4 is 22.3 Å². The van der Waals surface area contributed by atoms with Crippen LogP contribution in [0.1, 0.15) is 0 Å². The number of nitrogens with zero attached hydrogens (tertiary/aromatic N) is 3. The van der Waals surface area contributed by atoms with Gasteiger partial charge in [0.1, 0.15) is 5.82 Å². The molecule has 21 heavy (non-hydrogen) atoms. The van der Waals surface area contributed by atoms with Crippen LogP contribution in [-0.2, 0) is 0 Å². The molecule has 2 heterocycles. The first kappa shape index (κ1) is 13.0. The van der Waals surface area contributed by atoms with Gasteiger partial charge < -0.3 is 5.32 Å². The number of benzene rings is 1. The second kappa shape index (κ2) is 5.16. The van der Waals surface area contributed by atoms with Gasteiger partial charge in [0, 0.05) is 36.5 Å². The van der Waals surface area contributed by atoms with Gasteiger partial charge in [0.05, 0.1) is 4.92 Å². The fourth-order valence-corrected chi connectivity index (χ4v) is 2.24. The molecule has 2 aromatic heterocycles. The van der Waals surface area contributed by atoms with Crippen molar-refractivity contribution < 1.29 is 4.92 Å². The van der Waals surface area contributed by atoms with Gasteiger partial charge in [0.25, 0.3) is 5.69 Å². The zero-order valence-electron chi connectivity index (χ0n) is 11.3. The molecule has 3 rings (SSSR count). The molecule has 0 spiro atoms. The Morgan fingerprint density at radius 1 is 1.14 bits per heavy atom. The summed E-state index contributed by atoms with van der Waals surface area (Å²) in [5.74, 6) is 0.573. The van der Waals surface area contributed by atoms with Gasteiger partial charge in [0.15, 0.2) is 5.69 Å². The van der Waals surface area contributed by atoms with E-state index in [0.29, 0.717) is 17.1 Å². The molecule has 0 aliphatic rings. The summed E-state index contributed by atoms with van der Waals surface area (Å²) in [5.41, 5.74) is 0.931. The monoisotopic (exact) mass is 280 g/mol. The van der Waals surface area contributed by atoms with E-state index in [1.807, 2.05) is 24.3 Å². The van der Waals surface area contributed by atoms with Crippen LogP contribution in [0.2, 0.25) is 0 Å². The molecule has 0 bridgehead atoms. The van der Waals surface area contributed by atoms with Gasteiger partial charge >= 0.3 is 0 Å². The molecule has 1 N–H and O–H groups in total. The molecular formula is C15H12N4O2. The van der Waals surface area contributed by atoms with Crippen molar-refractivity contribution in [1.29, 1.82) is 0 Å². The lowest BCUT2D eigenvalue weighted by atomic mass is 10.0. The topological polar surface area (TPSA) is 81.0 Å². The van der Waals surface area contributed by atoms with Crippen molar-refractivity contribution in [2.24, 2.45) is 0 Å². The fourth-order valence-electron chi connectivity index (χ4n) is 2.24. The molecule has 0 saturated carbocycles. The number of anilines is 1. The van der Waals surface area contributed by atoms with Gasteiger partial charge in [-0.2, -0.15) is 0 Å². The van der Waals surface area contributed by atoms with E-state index in [1.165, 1.54) is 6.07 Å². The van der Waals surface area contributed by atoms with Gasteiger partial charge in [-0.15, -0.1) is 0 Å². The van der Waals surface area contributed by atoms with Crippen LogP contribution in [0.4, 0.5) is 11.5 Å². The first-order chi connectivity index (χ1) is 10.2. The zero-order chi connectivity index (χ0) is 14.8. The van der Waals surface area contributed by atoms with E-state index in [-0.39, 0.29) is 5.69 Å².